The van der Waals surface area contributed by atoms with Crippen LogP contribution in [0.25, 0.3) is 0 Å². The van der Waals surface area contributed by atoms with E-state index in [9.17, 15) is 4.79 Å². The lowest BCUT2D eigenvalue weighted by atomic mass is 10.1. The molecule has 0 spiro atoms. The van der Waals surface area contributed by atoms with Crippen molar-refractivity contribution in [1.82, 2.24) is 4.90 Å². The SMILES string of the molecule is CN(C)Cc1ccccc1NC(=O)COC(C)(C)C. The van der Waals surface area contributed by atoms with Crippen LogP contribution in [-0.4, -0.2) is 37.1 Å². The number of amides is 1. The molecule has 0 bridgehead atoms. The van der Waals surface area contributed by atoms with Gasteiger partial charge >= 0.3 is 0 Å². The van der Waals surface area contributed by atoms with Crippen LogP contribution in [0.5, 0.6) is 0 Å². The zero-order valence-corrected chi connectivity index (χ0v) is 12.5. The van der Waals surface area contributed by atoms with Gasteiger partial charge in [-0.1, -0.05) is 18.2 Å². The lowest BCUT2D eigenvalue weighted by molar-refractivity contribution is -0.125. The number of hydrogen-bond donors (Lipinski definition) is 1. The highest BCUT2D eigenvalue weighted by Gasteiger charge is 2.13. The van der Waals surface area contributed by atoms with Crippen LogP contribution in [0.15, 0.2) is 24.3 Å². The normalized spacial score (nSPS) is 11.7. The van der Waals surface area contributed by atoms with Gasteiger partial charge in [0.2, 0.25) is 5.91 Å². The van der Waals surface area contributed by atoms with Gasteiger partial charge in [0.05, 0.1) is 5.60 Å². The first kappa shape index (κ1) is 15.7. The summed E-state index contributed by atoms with van der Waals surface area (Å²) in [5.41, 5.74) is 1.64. The van der Waals surface area contributed by atoms with E-state index in [1.807, 2.05) is 59.1 Å². The minimum absolute atomic E-state index is 0.0692. The average molecular weight is 264 g/mol. The van der Waals surface area contributed by atoms with E-state index in [1.165, 1.54) is 0 Å². The molecule has 1 aromatic rings. The number of nitrogens with one attached hydrogen (secondary N) is 1. The molecule has 0 saturated carbocycles. The second-order valence-corrected chi connectivity index (χ2v) is 5.84. The van der Waals surface area contributed by atoms with Crippen LogP contribution in [0.3, 0.4) is 0 Å². The minimum atomic E-state index is -0.305. The van der Waals surface area contributed by atoms with E-state index < -0.39 is 0 Å². The number of ether oxygens (including phenoxy) is 1. The fraction of sp³-hybridized carbons (Fsp3) is 0.533. The molecule has 0 aromatic heterocycles. The molecule has 1 aromatic carbocycles. The molecule has 0 aliphatic heterocycles. The number of rotatable bonds is 5. The largest absolute Gasteiger partial charge is 0.366 e. The Labute approximate surface area is 115 Å². The zero-order chi connectivity index (χ0) is 14.5. The Bertz CT molecular complexity index is 422. The van der Waals surface area contributed by atoms with Crippen molar-refractivity contribution in [1.29, 1.82) is 0 Å². The van der Waals surface area contributed by atoms with Gasteiger partial charge in [0.15, 0.2) is 0 Å². The lowest BCUT2D eigenvalue weighted by Gasteiger charge is -2.20. The predicted molar refractivity (Wildman–Crippen MR) is 78.2 cm³/mol. The molecular weight excluding hydrogens is 240 g/mol. The van der Waals surface area contributed by atoms with E-state index in [4.69, 9.17) is 4.74 Å². The van der Waals surface area contributed by atoms with Crippen LogP contribution in [0.2, 0.25) is 0 Å². The van der Waals surface area contributed by atoms with Crippen molar-refractivity contribution < 1.29 is 9.53 Å². The molecule has 106 valence electrons. The number of hydrogen-bond acceptors (Lipinski definition) is 3. The van der Waals surface area contributed by atoms with E-state index in [0.717, 1.165) is 17.8 Å². The summed E-state index contributed by atoms with van der Waals surface area (Å²) in [6, 6.07) is 7.81. The highest BCUT2D eigenvalue weighted by atomic mass is 16.5. The maximum absolute atomic E-state index is 11.8. The van der Waals surface area contributed by atoms with Crippen molar-refractivity contribution >= 4 is 11.6 Å². The van der Waals surface area contributed by atoms with Gasteiger partial charge in [-0.15, -0.1) is 0 Å². The van der Waals surface area contributed by atoms with Gasteiger partial charge in [-0.25, -0.2) is 0 Å². The minimum Gasteiger partial charge on any atom is -0.366 e. The molecule has 4 nitrogen and oxygen atoms in total. The summed E-state index contributed by atoms with van der Waals surface area (Å²) in [7, 11) is 4.00. The Morgan fingerprint density at radius 2 is 1.89 bits per heavy atom. The zero-order valence-electron chi connectivity index (χ0n) is 12.5. The lowest BCUT2D eigenvalue weighted by Crippen LogP contribution is -2.27. The third kappa shape index (κ3) is 6.36. The Kier molecular flexibility index (Phi) is 5.51. The Balaban J connectivity index is 2.63. The summed E-state index contributed by atoms with van der Waals surface area (Å²) in [6.45, 7) is 6.65. The van der Waals surface area contributed by atoms with Crippen molar-refractivity contribution in [3.05, 3.63) is 29.8 Å². The first-order chi connectivity index (χ1) is 8.78. The number of carbonyl (C=O) groups is 1. The van der Waals surface area contributed by atoms with Gasteiger partial charge < -0.3 is 15.0 Å². The van der Waals surface area contributed by atoms with Crippen molar-refractivity contribution in [3.8, 4) is 0 Å². The highest BCUT2D eigenvalue weighted by molar-refractivity contribution is 5.92. The molecule has 0 heterocycles. The van der Waals surface area contributed by atoms with Gasteiger partial charge in [0.1, 0.15) is 6.61 Å². The Hall–Kier alpha value is -1.39. The average Bonchev–Trinajstić information content (AvgIpc) is 2.27. The molecule has 1 amide bonds. The maximum atomic E-state index is 11.8. The fourth-order valence-electron chi connectivity index (χ4n) is 1.59. The first-order valence-electron chi connectivity index (χ1n) is 6.44. The summed E-state index contributed by atoms with van der Waals surface area (Å²) in [5.74, 6) is -0.124. The summed E-state index contributed by atoms with van der Waals surface area (Å²) in [4.78, 5) is 13.9. The van der Waals surface area contributed by atoms with Crippen LogP contribution >= 0.6 is 0 Å². The fourth-order valence-corrected chi connectivity index (χ4v) is 1.59. The van der Waals surface area contributed by atoms with Crippen LogP contribution in [0, 0.1) is 0 Å². The predicted octanol–water partition coefficient (Wildman–Crippen LogP) is 2.50. The molecule has 0 aliphatic carbocycles. The van der Waals surface area contributed by atoms with Gasteiger partial charge in [0, 0.05) is 12.2 Å². The van der Waals surface area contributed by atoms with Gasteiger partial charge in [-0.3, -0.25) is 4.79 Å². The van der Waals surface area contributed by atoms with E-state index in [2.05, 4.69) is 10.2 Å². The van der Waals surface area contributed by atoms with E-state index in [1.54, 1.807) is 0 Å². The number of para-hydroxylation sites is 1. The standard InChI is InChI=1S/C15H24N2O2/c1-15(2,3)19-11-14(18)16-13-9-7-6-8-12(13)10-17(4)5/h6-9H,10-11H2,1-5H3,(H,16,18). The molecule has 0 saturated heterocycles. The van der Waals surface area contributed by atoms with E-state index in [0.29, 0.717) is 0 Å². The molecule has 19 heavy (non-hydrogen) atoms. The number of anilines is 1. The molecule has 0 unspecified atom stereocenters. The number of nitrogens with zero attached hydrogens (tertiary/aromatic N) is 1. The third-order valence-corrected chi connectivity index (χ3v) is 2.41. The van der Waals surface area contributed by atoms with Gasteiger partial charge in [-0.2, -0.15) is 0 Å². The van der Waals surface area contributed by atoms with Crippen molar-refractivity contribution in [2.45, 2.75) is 32.9 Å². The quantitative estimate of drug-likeness (QED) is 0.888. The molecular formula is C15H24N2O2. The molecule has 0 radical (unpaired) electrons. The topological polar surface area (TPSA) is 41.6 Å². The number of carbonyl (C=O) groups excluding carboxylic acids is 1. The number of benzene rings is 1. The molecule has 1 N–H and O–H groups in total. The van der Waals surface area contributed by atoms with E-state index in [-0.39, 0.29) is 18.1 Å². The molecule has 0 atom stereocenters. The summed E-state index contributed by atoms with van der Waals surface area (Å²) < 4.78 is 5.46. The monoisotopic (exact) mass is 264 g/mol. The Morgan fingerprint density at radius 1 is 1.26 bits per heavy atom. The molecule has 0 fully saturated rings. The van der Waals surface area contributed by atoms with Crippen molar-refractivity contribution in [2.24, 2.45) is 0 Å². The summed E-state index contributed by atoms with van der Waals surface area (Å²) >= 11 is 0. The molecule has 0 aliphatic rings. The highest BCUT2D eigenvalue weighted by Crippen LogP contribution is 2.16. The summed E-state index contributed by atoms with van der Waals surface area (Å²) in [5, 5.41) is 2.90. The smallest absolute Gasteiger partial charge is 0.250 e. The van der Waals surface area contributed by atoms with Crippen LogP contribution in [0.4, 0.5) is 5.69 Å². The maximum Gasteiger partial charge on any atom is 0.250 e. The van der Waals surface area contributed by atoms with E-state index >= 15 is 0 Å². The first-order valence-corrected chi connectivity index (χ1v) is 6.44. The Morgan fingerprint density at radius 3 is 2.47 bits per heavy atom. The van der Waals surface area contributed by atoms with Crippen molar-refractivity contribution in [2.75, 3.05) is 26.0 Å². The summed E-state index contributed by atoms with van der Waals surface area (Å²) in [6.07, 6.45) is 0. The molecule has 4 heteroatoms. The van der Waals surface area contributed by atoms with Gasteiger partial charge in [-0.05, 0) is 46.5 Å². The van der Waals surface area contributed by atoms with Crippen LogP contribution < -0.4 is 5.32 Å². The van der Waals surface area contributed by atoms with Gasteiger partial charge in [0.25, 0.3) is 0 Å². The second-order valence-electron chi connectivity index (χ2n) is 5.84. The van der Waals surface area contributed by atoms with Crippen molar-refractivity contribution in [3.63, 3.8) is 0 Å². The molecule has 1 rings (SSSR count). The van der Waals surface area contributed by atoms with Crippen LogP contribution in [-0.2, 0) is 16.1 Å². The second kappa shape index (κ2) is 6.68. The third-order valence-electron chi connectivity index (χ3n) is 2.41. The van der Waals surface area contributed by atoms with Crippen LogP contribution in [0.1, 0.15) is 26.3 Å².